The molecule has 2 aliphatic heterocycles. The fourth-order valence-electron chi connectivity index (χ4n) is 11.1. The average Bonchev–Trinajstić information content (AvgIpc) is 3.29. The van der Waals surface area contributed by atoms with Gasteiger partial charge in [-0.1, -0.05) is 20.4 Å². The van der Waals surface area contributed by atoms with Gasteiger partial charge in [0.05, 0.1) is 30.8 Å². The molecule has 43 heavy (non-hydrogen) atoms. The molecule has 0 aromatic carbocycles. The normalized spacial score (nSPS) is 52.7. The molecule has 1 spiro atoms. The second kappa shape index (κ2) is 8.78. The predicted molar refractivity (Wildman–Crippen MR) is 146 cm³/mol. The van der Waals surface area contributed by atoms with E-state index in [4.69, 9.17) is 23.4 Å². The third-order valence-electron chi connectivity index (χ3n) is 12.6. The Kier molecular flexibility index (Phi) is 5.96. The number of hydrogen-bond donors (Lipinski definition) is 3. The quantitative estimate of drug-likeness (QED) is 0.263. The van der Waals surface area contributed by atoms with Crippen LogP contribution >= 0.6 is 0 Å². The monoisotopic (exact) mass is 600 g/mol. The van der Waals surface area contributed by atoms with E-state index >= 15 is 0 Å². The first-order valence-corrected chi connectivity index (χ1v) is 15.1. The molecule has 7 rings (SSSR count). The molecule has 11 heteroatoms. The smallest absolute Gasteiger partial charge is 0.335 e. The number of esters is 2. The van der Waals surface area contributed by atoms with Gasteiger partial charge in [-0.25, -0.2) is 4.79 Å². The minimum absolute atomic E-state index is 0.0476. The first-order valence-electron chi connectivity index (χ1n) is 15.1. The molecule has 1 aromatic rings. The van der Waals surface area contributed by atoms with Crippen LogP contribution in [0.2, 0.25) is 0 Å². The van der Waals surface area contributed by atoms with Gasteiger partial charge in [0.1, 0.15) is 23.1 Å². The van der Waals surface area contributed by atoms with Crippen LogP contribution in [0.3, 0.4) is 0 Å². The van der Waals surface area contributed by atoms with Crippen LogP contribution in [-0.2, 0) is 33.3 Å². The zero-order chi connectivity index (χ0) is 31.1. The molecule has 4 aliphatic carbocycles. The van der Waals surface area contributed by atoms with Gasteiger partial charge < -0.3 is 38.7 Å². The first kappa shape index (κ1) is 29.2. The molecular formula is C32H40O11. The number of furan rings is 1. The van der Waals surface area contributed by atoms with E-state index in [-0.39, 0.29) is 42.6 Å². The van der Waals surface area contributed by atoms with Gasteiger partial charge in [0.15, 0.2) is 6.10 Å². The van der Waals surface area contributed by atoms with Crippen LogP contribution < -0.4 is 0 Å². The molecule has 0 radical (unpaired) electrons. The van der Waals surface area contributed by atoms with Crippen molar-refractivity contribution in [3.05, 3.63) is 36.3 Å². The van der Waals surface area contributed by atoms with Crippen LogP contribution in [0.4, 0.5) is 0 Å². The number of Topliss-reactive ketones (excluding diaryl/α,β-unsaturated/α-hetero) is 1. The Morgan fingerprint density at radius 1 is 1.07 bits per heavy atom. The number of fused-ring (bicyclic) bond motifs is 1. The van der Waals surface area contributed by atoms with Crippen LogP contribution in [0, 0.1) is 28.1 Å². The molecule has 6 fully saturated rings. The molecule has 14 atom stereocenters. The van der Waals surface area contributed by atoms with Crippen molar-refractivity contribution in [1.82, 2.24) is 0 Å². The average molecular weight is 601 g/mol. The third kappa shape index (κ3) is 3.25. The molecule has 2 bridgehead atoms. The maximum Gasteiger partial charge on any atom is 0.335 e. The van der Waals surface area contributed by atoms with E-state index in [1.54, 1.807) is 19.5 Å². The molecule has 2 unspecified atom stereocenters. The van der Waals surface area contributed by atoms with Crippen LogP contribution in [0.1, 0.15) is 71.8 Å². The SMILES string of the molecule is C=C(C)C(=O)OC1C[C@]23C(C[C@@H](O)[C@]4(C)[C@@H]2C(=O)C[C@@]2(C)[C@H](c5ccoc5)C[C@H]5O[C@@]542)[C@@](C)(O1)[C@H](OC(C)=O)[C@H](O)[C@@H]3O. The second-order valence-corrected chi connectivity index (χ2v) is 14.5. The zero-order valence-corrected chi connectivity index (χ0v) is 25.1. The van der Waals surface area contributed by atoms with E-state index in [9.17, 15) is 29.7 Å². The Morgan fingerprint density at radius 2 is 1.79 bits per heavy atom. The second-order valence-electron chi connectivity index (χ2n) is 14.5. The van der Waals surface area contributed by atoms with Gasteiger partial charge >= 0.3 is 11.9 Å². The molecule has 11 nitrogen and oxygen atoms in total. The summed E-state index contributed by atoms with van der Waals surface area (Å²) in [6, 6.07) is 1.90. The lowest BCUT2D eigenvalue weighted by molar-refractivity contribution is -0.389. The van der Waals surface area contributed by atoms with E-state index < -0.39 is 81.9 Å². The minimum atomic E-state index is -1.61. The number of carbonyl (C=O) groups is 3. The summed E-state index contributed by atoms with van der Waals surface area (Å²) in [5.41, 5.74) is -4.57. The summed E-state index contributed by atoms with van der Waals surface area (Å²) in [4.78, 5) is 39.7. The van der Waals surface area contributed by atoms with E-state index in [0.717, 1.165) is 5.56 Å². The summed E-state index contributed by atoms with van der Waals surface area (Å²) < 4.78 is 29.6. The Hall–Kier alpha value is -2.57. The molecule has 3 heterocycles. The van der Waals surface area contributed by atoms with Crippen molar-refractivity contribution in [2.24, 2.45) is 28.1 Å². The molecule has 234 valence electrons. The van der Waals surface area contributed by atoms with Crippen LogP contribution in [0.15, 0.2) is 35.2 Å². The van der Waals surface area contributed by atoms with E-state index in [1.165, 1.54) is 13.8 Å². The van der Waals surface area contributed by atoms with Crippen LogP contribution in [-0.4, -0.2) is 81.1 Å². The van der Waals surface area contributed by atoms with Crippen LogP contribution in [0.5, 0.6) is 0 Å². The highest BCUT2D eigenvalue weighted by Gasteiger charge is 2.90. The van der Waals surface area contributed by atoms with Crippen molar-refractivity contribution in [2.75, 3.05) is 0 Å². The summed E-state index contributed by atoms with van der Waals surface area (Å²) in [5.74, 6) is -3.38. The molecular weight excluding hydrogens is 560 g/mol. The number of carbonyl (C=O) groups excluding carboxylic acids is 3. The van der Waals surface area contributed by atoms with Crippen molar-refractivity contribution in [3.8, 4) is 0 Å². The molecule has 4 saturated carbocycles. The Morgan fingerprint density at radius 3 is 2.42 bits per heavy atom. The zero-order valence-electron chi connectivity index (χ0n) is 25.1. The summed E-state index contributed by atoms with van der Waals surface area (Å²) in [6.07, 6.45) is -3.06. The van der Waals surface area contributed by atoms with Crippen molar-refractivity contribution in [2.45, 2.75) is 114 Å². The Labute approximate surface area is 249 Å². The highest BCUT2D eigenvalue weighted by atomic mass is 16.7. The van der Waals surface area contributed by atoms with Crippen molar-refractivity contribution in [1.29, 1.82) is 0 Å². The third-order valence-corrected chi connectivity index (χ3v) is 12.6. The van der Waals surface area contributed by atoms with Crippen LogP contribution in [0.25, 0.3) is 0 Å². The maximum atomic E-state index is 14.8. The highest BCUT2D eigenvalue weighted by molar-refractivity contribution is 5.88. The van der Waals surface area contributed by atoms with Crippen molar-refractivity contribution < 1.29 is 53.1 Å². The molecule has 2 saturated heterocycles. The number of epoxide rings is 1. The highest BCUT2D eigenvalue weighted by Crippen LogP contribution is 2.82. The fourth-order valence-corrected chi connectivity index (χ4v) is 11.1. The Balaban J connectivity index is 1.40. The lowest BCUT2D eigenvalue weighted by atomic mass is 9.34. The standard InChI is InChI=1S/C32H40O11/c1-14(2)27(38)41-22-12-31-19(30(6,43-22)26(40-15(3)33)23(36)25(31)37)10-20(35)29(5)24(31)18(34)11-28(4)17(16-7-8-39-13-16)9-21-32(28,29)42-21/h7-8,13,17,19-26,35-37H,1,9-12H2,2-6H3/t17-,19?,20+,21+,22?,23+,24-,25-,26+,28-,29+,30+,31-,32+/m0/s1. The van der Waals surface area contributed by atoms with Gasteiger partial charge in [-0.05, 0) is 44.2 Å². The molecule has 3 N–H and O–H groups in total. The van der Waals surface area contributed by atoms with Gasteiger partial charge in [0.25, 0.3) is 0 Å². The van der Waals surface area contributed by atoms with E-state index in [1.807, 2.05) is 19.9 Å². The number of hydrogen-bond acceptors (Lipinski definition) is 11. The number of aliphatic hydroxyl groups is 3. The van der Waals surface area contributed by atoms with Gasteiger partial charge in [0.2, 0.25) is 6.29 Å². The van der Waals surface area contributed by atoms with E-state index in [0.29, 0.717) is 6.42 Å². The Bertz CT molecular complexity index is 1410. The molecule has 0 amide bonds. The van der Waals surface area contributed by atoms with Gasteiger partial charge in [0, 0.05) is 53.4 Å². The van der Waals surface area contributed by atoms with Crippen molar-refractivity contribution >= 4 is 17.7 Å². The summed E-state index contributed by atoms with van der Waals surface area (Å²) in [7, 11) is 0. The summed E-state index contributed by atoms with van der Waals surface area (Å²) in [5, 5.41) is 36.0. The van der Waals surface area contributed by atoms with Gasteiger partial charge in [-0.15, -0.1) is 0 Å². The minimum Gasteiger partial charge on any atom is -0.472 e. The topological polar surface area (TPSA) is 165 Å². The molecule has 6 aliphatic rings. The van der Waals surface area contributed by atoms with Gasteiger partial charge in [-0.2, -0.15) is 0 Å². The summed E-state index contributed by atoms with van der Waals surface area (Å²) >= 11 is 0. The number of ether oxygens (including phenoxy) is 4. The first-order chi connectivity index (χ1) is 20.1. The van der Waals surface area contributed by atoms with Gasteiger partial charge in [-0.3, -0.25) is 9.59 Å². The number of ketones is 1. The largest absolute Gasteiger partial charge is 0.472 e. The number of rotatable bonds is 4. The number of aliphatic hydroxyl groups excluding tert-OH is 3. The van der Waals surface area contributed by atoms with E-state index in [2.05, 4.69) is 6.58 Å². The predicted octanol–water partition coefficient (Wildman–Crippen LogP) is 2.16. The lowest BCUT2D eigenvalue weighted by Gasteiger charge is -2.73. The maximum absolute atomic E-state index is 14.8. The van der Waals surface area contributed by atoms with Crippen molar-refractivity contribution in [3.63, 3.8) is 0 Å². The fraction of sp³-hybridized carbons (Fsp3) is 0.719. The molecule has 1 aromatic heterocycles. The summed E-state index contributed by atoms with van der Waals surface area (Å²) in [6.45, 7) is 11.9. The lowest BCUT2D eigenvalue weighted by Crippen LogP contribution is -2.83.